The van der Waals surface area contributed by atoms with E-state index in [4.69, 9.17) is 16.6 Å². The highest BCUT2D eigenvalue weighted by Crippen LogP contribution is 2.20. The molecular formula is C6H10ClN3OS. The van der Waals surface area contributed by atoms with Gasteiger partial charge in [-0.2, -0.15) is 0 Å². The number of hydrogen-bond acceptors (Lipinski definition) is 4. The Bertz CT molecular complexity index is 291. The molecule has 6 heteroatoms. The Morgan fingerprint density at radius 3 is 2.92 bits per heavy atom. The molecule has 4 nitrogen and oxygen atoms in total. The quantitative estimate of drug-likeness (QED) is 0.687. The van der Waals surface area contributed by atoms with Crippen LogP contribution in [0.3, 0.4) is 0 Å². The van der Waals surface area contributed by atoms with Gasteiger partial charge in [-0.25, -0.2) is 5.10 Å². The van der Waals surface area contributed by atoms with Gasteiger partial charge in [-0.05, 0) is 31.6 Å². The molecule has 1 fully saturated rings. The maximum absolute atomic E-state index is 5.15. The summed E-state index contributed by atoms with van der Waals surface area (Å²) in [6.07, 6.45) is 2.27. The number of rotatable bonds is 1. The number of aromatic amines is 1. The van der Waals surface area contributed by atoms with Gasteiger partial charge in [-0.3, -0.25) is 0 Å². The number of hydrogen-bond donors (Lipinski definition) is 2. The number of aromatic nitrogens is 2. The van der Waals surface area contributed by atoms with Crippen molar-refractivity contribution in [1.29, 1.82) is 0 Å². The summed E-state index contributed by atoms with van der Waals surface area (Å²) in [6, 6.07) is 0.267. The van der Waals surface area contributed by atoms with E-state index in [1.165, 1.54) is 6.42 Å². The van der Waals surface area contributed by atoms with Gasteiger partial charge in [0.2, 0.25) is 5.89 Å². The maximum atomic E-state index is 5.15. The molecule has 12 heavy (non-hydrogen) atoms. The zero-order valence-corrected chi connectivity index (χ0v) is 8.00. The van der Waals surface area contributed by atoms with E-state index in [-0.39, 0.29) is 18.4 Å². The Hall–Kier alpha value is -0.390. The molecule has 1 unspecified atom stereocenters. The van der Waals surface area contributed by atoms with E-state index >= 15 is 0 Å². The molecule has 0 radical (unpaired) electrons. The fourth-order valence-electron chi connectivity index (χ4n) is 1.29. The Morgan fingerprint density at radius 1 is 1.58 bits per heavy atom. The highest BCUT2D eigenvalue weighted by Gasteiger charge is 2.20. The summed E-state index contributed by atoms with van der Waals surface area (Å²) in [5, 5.41) is 9.81. The van der Waals surface area contributed by atoms with Crippen LogP contribution in [-0.2, 0) is 0 Å². The molecule has 1 atom stereocenters. The largest absolute Gasteiger partial charge is 0.412 e. The van der Waals surface area contributed by atoms with Crippen molar-refractivity contribution in [2.75, 3.05) is 6.54 Å². The number of nitrogens with one attached hydrogen (secondary N) is 2. The van der Waals surface area contributed by atoms with Crippen LogP contribution in [0.25, 0.3) is 0 Å². The molecule has 1 aliphatic rings. The smallest absolute Gasteiger partial charge is 0.284 e. The maximum Gasteiger partial charge on any atom is 0.284 e. The van der Waals surface area contributed by atoms with Gasteiger partial charge in [0.25, 0.3) is 4.84 Å². The van der Waals surface area contributed by atoms with E-state index in [2.05, 4.69) is 15.5 Å². The SMILES string of the molecule is Cl.S=c1[nH]nc(C2CCCN2)o1. The van der Waals surface area contributed by atoms with Crippen LogP contribution < -0.4 is 5.32 Å². The van der Waals surface area contributed by atoms with Crippen LogP contribution in [0.1, 0.15) is 24.8 Å². The van der Waals surface area contributed by atoms with E-state index in [9.17, 15) is 0 Å². The van der Waals surface area contributed by atoms with E-state index in [0.717, 1.165) is 13.0 Å². The predicted octanol–water partition coefficient (Wildman–Crippen LogP) is 1.58. The van der Waals surface area contributed by atoms with E-state index < -0.39 is 0 Å². The summed E-state index contributed by atoms with van der Waals surface area (Å²) < 4.78 is 5.15. The van der Waals surface area contributed by atoms with Crippen molar-refractivity contribution in [1.82, 2.24) is 15.5 Å². The van der Waals surface area contributed by atoms with Gasteiger partial charge in [0, 0.05) is 0 Å². The van der Waals surface area contributed by atoms with Crippen molar-refractivity contribution in [3.8, 4) is 0 Å². The van der Waals surface area contributed by atoms with Crippen molar-refractivity contribution < 1.29 is 4.42 Å². The van der Waals surface area contributed by atoms with Crippen molar-refractivity contribution in [2.24, 2.45) is 0 Å². The fraction of sp³-hybridized carbons (Fsp3) is 0.667. The molecule has 0 aliphatic carbocycles. The molecule has 0 amide bonds. The molecule has 2 N–H and O–H groups in total. The Kier molecular flexibility index (Phi) is 3.25. The zero-order valence-electron chi connectivity index (χ0n) is 6.37. The lowest BCUT2D eigenvalue weighted by molar-refractivity contribution is 0.421. The second kappa shape index (κ2) is 4.02. The number of halogens is 1. The van der Waals surface area contributed by atoms with E-state index in [1.54, 1.807) is 0 Å². The summed E-state index contributed by atoms with van der Waals surface area (Å²) in [5.41, 5.74) is 0. The first-order valence-electron chi connectivity index (χ1n) is 3.65. The minimum atomic E-state index is 0. The second-order valence-electron chi connectivity index (χ2n) is 2.60. The van der Waals surface area contributed by atoms with Crippen LogP contribution >= 0.6 is 24.6 Å². The van der Waals surface area contributed by atoms with Crippen LogP contribution in [0.2, 0.25) is 0 Å². The lowest BCUT2D eigenvalue weighted by Gasteiger charge is -2.01. The highest BCUT2D eigenvalue weighted by atomic mass is 35.5. The molecule has 0 spiro atoms. The molecule has 1 aromatic heterocycles. The van der Waals surface area contributed by atoms with Crippen LogP contribution in [-0.4, -0.2) is 16.7 Å². The van der Waals surface area contributed by atoms with E-state index in [0.29, 0.717) is 10.7 Å². The summed E-state index contributed by atoms with van der Waals surface area (Å²) >= 11 is 4.76. The molecule has 0 saturated carbocycles. The topological polar surface area (TPSA) is 53.9 Å². The molecule has 1 aromatic rings. The van der Waals surface area contributed by atoms with Crippen molar-refractivity contribution in [3.63, 3.8) is 0 Å². The third-order valence-corrected chi connectivity index (χ3v) is 1.99. The zero-order chi connectivity index (χ0) is 7.68. The summed E-state index contributed by atoms with van der Waals surface area (Å²) in [6.45, 7) is 1.04. The Morgan fingerprint density at radius 2 is 2.42 bits per heavy atom. The standard InChI is InChI=1S/C6H9N3OS.ClH/c11-6-9-8-5(10-6)4-2-1-3-7-4;/h4,7H,1-3H2,(H,9,11);1H. The second-order valence-corrected chi connectivity index (χ2v) is 2.97. The normalized spacial score (nSPS) is 22.2. The Labute approximate surface area is 81.1 Å². The summed E-state index contributed by atoms with van der Waals surface area (Å²) in [5.74, 6) is 0.688. The van der Waals surface area contributed by atoms with Crippen LogP contribution in [0, 0.1) is 4.84 Å². The first-order valence-corrected chi connectivity index (χ1v) is 4.06. The molecule has 0 bridgehead atoms. The molecular weight excluding hydrogens is 198 g/mol. The first-order chi connectivity index (χ1) is 5.36. The van der Waals surface area contributed by atoms with Crippen molar-refractivity contribution in [3.05, 3.63) is 10.7 Å². The lowest BCUT2D eigenvalue weighted by Crippen LogP contribution is -2.12. The number of H-pyrrole nitrogens is 1. The van der Waals surface area contributed by atoms with Crippen LogP contribution in [0.4, 0.5) is 0 Å². The fourth-order valence-corrected chi connectivity index (χ4v) is 1.42. The Balaban J connectivity index is 0.000000720. The average molecular weight is 208 g/mol. The lowest BCUT2D eigenvalue weighted by atomic mass is 10.2. The molecule has 1 aliphatic heterocycles. The molecule has 2 rings (SSSR count). The predicted molar refractivity (Wildman–Crippen MR) is 48.9 cm³/mol. The monoisotopic (exact) mass is 207 g/mol. The average Bonchev–Trinajstić information content (AvgIpc) is 2.55. The van der Waals surface area contributed by atoms with Crippen LogP contribution in [0.5, 0.6) is 0 Å². The van der Waals surface area contributed by atoms with Gasteiger partial charge in [0.05, 0.1) is 6.04 Å². The van der Waals surface area contributed by atoms with Gasteiger partial charge < -0.3 is 9.73 Å². The van der Waals surface area contributed by atoms with Crippen molar-refractivity contribution in [2.45, 2.75) is 18.9 Å². The minimum Gasteiger partial charge on any atom is -0.412 e. The summed E-state index contributed by atoms with van der Waals surface area (Å²) in [4.78, 5) is 0.355. The van der Waals surface area contributed by atoms with Gasteiger partial charge in [0.1, 0.15) is 0 Å². The third-order valence-electron chi connectivity index (χ3n) is 1.81. The molecule has 1 saturated heterocycles. The van der Waals surface area contributed by atoms with Gasteiger partial charge in [-0.1, -0.05) is 0 Å². The van der Waals surface area contributed by atoms with Gasteiger partial charge in [0.15, 0.2) is 0 Å². The van der Waals surface area contributed by atoms with Crippen LogP contribution in [0.15, 0.2) is 4.42 Å². The van der Waals surface area contributed by atoms with E-state index in [1.807, 2.05) is 0 Å². The third kappa shape index (κ3) is 1.85. The molecule has 68 valence electrons. The summed E-state index contributed by atoms with van der Waals surface area (Å²) in [7, 11) is 0. The molecule has 2 heterocycles. The highest BCUT2D eigenvalue weighted by molar-refractivity contribution is 7.71. The first kappa shape index (κ1) is 9.70. The van der Waals surface area contributed by atoms with Gasteiger partial charge in [-0.15, -0.1) is 17.5 Å². The minimum absolute atomic E-state index is 0. The molecule has 0 aromatic carbocycles. The van der Waals surface area contributed by atoms with Gasteiger partial charge >= 0.3 is 0 Å². The number of nitrogens with zero attached hydrogens (tertiary/aromatic N) is 1. The van der Waals surface area contributed by atoms with Crippen molar-refractivity contribution >= 4 is 24.6 Å².